The second kappa shape index (κ2) is 10.3. The molecule has 3 heterocycles. The molecule has 8 heteroatoms. The Labute approximate surface area is 238 Å². The van der Waals surface area contributed by atoms with Crippen LogP contribution in [-0.2, 0) is 11.8 Å². The average Bonchev–Trinajstić information content (AvgIpc) is 3.60. The van der Waals surface area contributed by atoms with Crippen LogP contribution in [0.25, 0.3) is 16.6 Å². The van der Waals surface area contributed by atoms with E-state index in [-0.39, 0.29) is 29.0 Å². The quantitative estimate of drug-likeness (QED) is 0.279. The van der Waals surface area contributed by atoms with Crippen molar-refractivity contribution in [2.24, 2.45) is 13.0 Å². The highest BCUT2D eigenvalue weighted by Crippen LogP contribution is 2.43. The van der Waals surface area contributed by atoms with Gasteiger partial charge in [-0.2, -0.15) is 0 Å². The summed E-state index contributed by atoms with van der Waals surface area (Å²) in [6, 6.07) is 23.6. The van der Waals surface area contributed by atoms with E-state index in [0.29, 0.717) is 23.4 Å². The lowest BCUT2D eigenvalue weighted by atomic mass is 9.92. The second-order valence-corrected chi connectivity index (χ2v) is 10.7. The number of aromatic nitrogens is 3. The predicted molar refractivity (Wildman–Crippen MR) is 160 cm³/mol. The summed E-state index contributed by atoms with van der Waals surface area (Å²) in [6.07, 6.45) is 2.60. The van der Waals surface area contributed by atoms with Crippen molar-refractivity contribution >= 4 is 28.4 Å². The maximum Gasteiger partial charge on any atom is 0.295 e. The zero-order valence-corrected chi connectivity index (χ0v) is 23.6. The van der Waals surface area contributed by atoms with Crippen LogP contribution in [0.15, 0.2) is 89.9 Å². The molecule has 41 heavy (non-hydrogen) atoms. The predicted octanol–water partition coefficient (Wildman–Crippen LogP) is 5.56. The van der Waals surface area contributed by atoms with Gasteiger partial charge in [0, 0.05) is 35.3 Å². The molecule has 0 saturated carbocycles. The fourth-order valence-electron chi connectivity index (χ4n) is 6.05. The highest BCUT2D eigenvalue weighted by atomic mass is 16.2. The minimum absolute atomic E-state index is 0.179. The minimum Gasteiger partial charge on any atom is -0.361 e. The first-order chi connectivity index (χ1) is 19.8. The van der Waals surface area contributed by atoms with Crippen molar-refractivity contribution in [2.75, 3.05) is 5.32 Å². The Morgan fingerprint density at radius 2 is 1.63 bits per heavy atom. The van der Waals surface area contributed by atoms with Gasteiger partial charge in [0.05, 0.1) is 17.4 Å². The van der Waals surface area contributed by atoms with E-state index in [1.54, 1.807) is 23.6 Å². The van der Waals surface area contributed by atoms with Gasteiger partial charge in [-0.05, 0) is 42.7 Å². The third-order valence-electron chi connectivity index (χ3n) is 8.47. The van der Waals surface area contributed by atoms with Gasteiger partial charge in [0.1, 0.15) is 11.7 Å². The monoisotopic (exact) mass is 547 g/mol. The molecule has 3 atom stereocenters. The Morgan fingerprint density at radius 1 is 0.951 bits per heavy atom. The van der Waals surface area contributed by atoms with Crippen LogP contribution in [0.2, 0.25) is 0 Å². The van der Waals surface area contributed by atoms with Gasteiger partial charge in [-0.15, -0.1) is 0 Å². The summed E-state index contributed by atoms with van der Waals surface area (Å²) >= 11 is 0. The van der Waals surface area contributed by atoms with Gasteiger partial charge in [-0.1, -0.05) is 74.9 Å². The molecule has 0 saturated heterocycles. The van der Waals surface area contributed by atoms with Crippen molar-refractivity contribution in [1.82, 2.24) is 19.2 Å². The summed E-state index contributed by atoms with van der Waals surface area (Å²) in [5.41, 5.74) is 4.56. The number of fused-ring (bicyclic) bond motifs is 2. The number of aromatic amines is 1. The number of rotatable bonds is 7. The first-order valence-electron chi connectivity index (χ1n) is 14.0. The van der Waals surface area contributed by atoms with E-state index in [9.17, 15) is 14.4 Å². The summed E-state index contributed by atoms with van der Waals surface area (Å²) in [6.45, 7) is 5.79. The van der Waals surface area contributed by atoms with Crippen molar-refractivity contribution < 1.29 is 9.59 Å². The van der Waals surface area contributed by atoms with Crippen LogP contribution in [0.3, 0.4) is 0 Å². The molecule has 2 N–H and O–H groups in total. The Balaban J connectivity index is 1.45. The average molecular weight is 548 g/mol. The van der Waals surface area contributed by atoms with Gasteiger partial charge in [0.2, 0.25) is 5.91 Å². The number of amides is 2. The Bertz CT molecular complexity index is 1830. The summed E-state index contributed by atoms with van der Waals surface area (Å²) in [5.74, 6) is -0.750. The summed E-state index contributed by atoms with van der Waals surface area (Å²) in [7, 11) is 1.79. The number of nitrogens with zero attached hydrogens (tertiary/aromatic N) is 3. The normalized spacial score (nSPS) is 16.1. The highest BCUT2D eigenvalue weighted by Gasteiger charge is 2.46. The second-order valence-electron chi connectivity index (χ2n) is 10.7. The molecular weight excluding hydrogens is 514 g/mol. The Hall–Kier alpha value is -4.85. The van der Waals surface area contributed by atoms with E-state index in [1.165, 1.54) is 4.68 Å². The number of nitrogens with one attached hydrogen (secondary N) is 2. The molecule has 1 aliphatic heterocycles. The number of carbonyl (C=O) groups excluding carboxylic acids is 2. The Kier molecular flexibility index (Phi) is 6.61. The lowest BCUT2D eigenvalue weighted by Crippen LogP contribution is -2.50. The maximum absolute atomic E-state index is 14.3. The highest BCUT2D eigenvalue weighted by molar-refractivity contribution is 6.05. The molecule has 1 aliphatic rings. The topological polar surface area (TPSA) is 92.1 Å². The van der Waals surface area contributed by atoms with E-state index in [0.717, 1.165) is 22.0 Å². The third-order valence-corrected chi connectivity index (χ3v) is 8.47. The molecule has 6 rings (SSSR count). The van der Waals surface area contributed by atoms with Crippen LogP contribution in [-0.4, -0.2) is 37.1 Å². The fraction of sp³-hybridized carbons (Fsp3) is 0.242. The van der Waals surface area contributed by atoms with Crippen molar-refractivity contribution in [2.45, 2.75) is 39.3 Å². The standard InChI is InChI=1S/C33H33N5O3/c1-5-20(2)29(31(39)35-28-21(3)36(4)38(33(28)41)22-13-7-6-8-14-22)37-30(24-16-9-10-17-25(24)32(37)40)26-19-34-27-18-12-11-15-23(26)27/h6-20,29-30,34H,5H2,1-4H3,(H,35,39). The van der Waals surface area contributed by atoms with Crippen LogP contribution in [0.1, 0.15) is 53.5 Å². The van der Waals surface area contributed by atoms with Crippen LogP contribution in [0.5, 0.6) is 0 Å². The van der Waals surface area contributed by atoms with Gasteiger partial charge in [-0.25, -0.2) is 4.68 Å². The van der Waals surface area contributed by atoms with Crippen LogP contribution >= 0.6 is 0 Å². The lowest BCUT2D eigenvalue weighted by Gasteiger charge is -2.36. The van der Waals surface area contributed by atoms with E-state index in [1.807, 2.05) is 98.9 Å². The number of H-pyrrole nitrogens is 1. The van der Waals surface area contributed by atoms with E-state index >= 15 is 0 Å². The molecule has 0 spiro atoms. The van der Waals surface area contributed by atoms with Crippen LogP contribution in [0, 0.1) is 12.8 Å². The molecule has 8 nitrogen and oxygen atoms in total. The molecule has 0 bridgehead atoms. The smallest absolute Gasteiger partial charge is 0.295 e. The lowest BCUT2D eigenvalue weighted by molar-refractivity contribution is -0.122. The summed E-state index contributed by atoms with van der Waals surface area (Å²) in [5, 5.41) is 3.96. The van der Waals surface area contributed by atoms with Crippen molar-refractivity contribution in [1.29, 1.82) is 0 Å². The minimum atomic E-state index is -0.817. The van der Waals surface area contributed by atoms with Crippen LogP contribution < -0.4 is 10.9 Å². The molecule has 2 amide bonds. The van der Waals surface area contributed by atoms with Gasteiger partial charge in [0.15, 0.2) is 0 Å². The fourth-order valence-corrected chi connectivity index (χ4v) is 6.05. The van der Waals surface area contributed by atoms with Gasteiger partial charge in [-0.3, -0.25) is 19.1 Å². The van der Waals surface area contributed by atoms with Gasteiger partial charge >= 0.3 is 0 Å². The molecule has 2 aromatic heterocycles. The maximum atomic E-state index is 14.3. The number of para-hydroxylation sites is 2. The molecular formula is C33H33N5O3. The van der Waals surface area contributed by atoms with E-state index in [2.05, 4.69) is 10.3 Å². The number of anilines is 1. The zero-order valence-electron chi connectivity index (χ0n) is 23.6. The van der Waals surface area contributed by atoms with Gasteiger partial charge < -0.3 is 15.2 Å². The zero-order chi connectivity index (χ0) is 28.8. The Morgan fingerprint density at radius 3 is 2.39 bits per heavy atom. The summed E-state index contributed by atoms with van der Waals surface area (Å²) in [4.78, 5) is 47.0. The largest absolute Gasteiger partial charge is 0.361 e. The van der Waals surface area contributed by atoms with E-state index < -0.39 is 12.1 Å². The number of carbonyl (C=O) groups is 2. The molecule has 0 aliphatic carbocycles. The first-order valence-corrected chi connectivity index (χ1v) is 14.0. The number of benzene rings is 3. The SMILES string of the molecule is CCC(C)C(C(=O)Nc1c(C)n(C)n(-c2ccccc2)c1=O)N1C(=O)c2ccccc2C1c1c[nH]c2ccccc12. The van der Waals surface area contributed by atoms with Crippen molar-refractivity contribution in [3.63, 3.8) is 0 Å². The number of hydrogen-bond donors (Lipinski definition) is 2. The van der Waals surface area contributed by atoms with Crippen molar-refractivity contribution in [3.05, 3.63) is 118 Å². The first kappa shape index (κ1) is 26.4. The molecule has 5 aromatic rings. The molecule has 208 valence electrons. The van der Waals surface area contributed by atoms with Crippen molar-refractivity contribution in [3.8, 4) is 5.69 Å². The third kappa shape index (κ3) is 4.18. The van der Waals surface area contributed by atoms with Gasteiger partial charge in [0.25, 0.3) is 11.5 Å². The number of hydrogen-bond acceptors (Lipinski definition) is 3. The van der Waals surface area contributed by atoms with Crippen LogP contribution in [0.4, 0.5) is 5.69 Å². The van der Waals surface area contributed by atoms with E-state index in [4.69, 9.17) is 0 Å². The molecule has 0 radical (unpaired) electrons. The molecule has 3 unspecified atom stereocenters. The molecule has 0 fully saturated rings. The molecule has 3 aromatic carbocycles. The summed E-state index contributed by atoms with van der Waals surface area (Å²) < 4.78 is 3.27.